The van der Waals surface area contributed by atoms with E-state index in [-0.39, 0.29) is 13.0 Å². The van der Waals surface area contributed by atoms with Crippen LogP contribution < -0.4 is 4.72 Å². The summed E-state index contributed by atoms with van der Waals surface area (Å²) in [6, 6.07) is 6.24. The molecule has 0 aliphatic rings. The topological polar surface area (TPSA) is 102 Å². The Morgan fingerprint density at radius 2 is 2.05 bits per heavy atom. The van der Waals surface area contributed by atoms with E-state index in [1.165, 1.54) is 6.26 Å². The number of furan rings is 1. The van der Waals surface area contributed by atoms with E-state index in [1.54, 1.807) is 12.1 Å². The molecule has 0 fully saturated rings. The summed E-state index contributed by atoms with van der Waals surface area (Å²) in [5.41, 5.74) is -1.07. The van der Waals surface area contributed by atoms with Crippen molar-refractivity contribution in [2.75, 3.05) is 6.54 Å². The van der Waals surface area contributed by atoms with Crippen LogP contribution >= 0.6 is 0 Å². The fourth-order valence-electron chi connectivity index (χ4n) is 1.73. The van der Waals surface area contributed by atoms with Gasteiger partial charge in [-0.05, 0) is 24.3 Å². The highest BCUT2D eigenvalue weighted by Crippen LogP contribution is 2.26. The van der Waals surface area contributed by atoms with Crippen LogP contribution in [0, 0.1) is 15.9 Å². The first kappa shape index (κ1) is 15.1. The number of nitro groups is 1. The third-order valence-electron chi connectivity index (χ3n) is 2.67. The minimum atomic E-state index is -4.19. The van der Waals surface area contributed by atoms with Crippen molar-refractivity contribution in [1.82, 2.24) is 4.72 Å². The molecule has 7 nitrogen and oxygen atoms in total. The van der Waals surface area contributed by atoms with Gasteiger partial charge in [0.15, 0.2) is 4.90 Å². The van der Waals surface area contributed by atoms with Gasteiger partial charge in [-0.1, -0.05) is 6.07 Å². The van der Waals surface area contributed by atoms with Crippen LogP contribution in [0.2, 0.25) is 0 Å². The average Bonchev–Trinajstić information content (AvgIpc) is 2.91. The Kier molecular flexibility index (Phi) is 4.34. The van der Waals surface area contributed by atoms with E-state index in [0.717, 1.165) is 18.2 Å². The van der Waals surface area contributed by atoms with Crippen LogP contribution in [0.1, 0.15) is 5.76 Å². The van der Waals surface area contributed by atoms with Crippen molar-refractivity contribution in [2.24, 2.45) is 0 Å². The summed E-state index contributed by atoms with van der Waals surface area (Å²) < 4.78 is 44.7. The number of sulfonamides is 1. The van der Waals surface area contributed by atoms with E-state index in [0.29, 0.717) is 5.76 Å². The maximum absolute atomic E-state index is 13.4. The van der Waals surface area contributed by atoms with Crippen LogP contribution in [0.25, 0.3) is 0 Å². The molecule has 0 bridgehead atoms. The molecule has 9 heteroatoms. The Labute approximate surface area is 119 Å². The first-order valence-corrected chi connectivity index (χ1v) is 7.35. The lowest BCUT2D eigenvalue weighted by Crippen LogP contribution is -2.26. The Bertz CT molecular complexity index is 743. The molecule has 0 unspecified atom stereocenters. The zero-order chi connectivity index (χ0) is 15.5. The van der Waals surface area contributed by atoms with Gasteiger partial charge in [0.1, 0.15) is 5.76 Å². The number of nitro benzene ring substituents is 1. The molecule has 0 amide bonds. The second kappa shape index (κ2) is 6.02. The Morgan fingerprint density at radius 1 is 1.29 bits per heavy atom. The number of halogens is 1. The molecule has 1 N–H and O–H groups in total. The number of hydrogen-bond donors (Lipinski definition) is 1. The molecule has 1 aromatic carbocycles. The molecule has 0 aliphatic heterocycles. The predicted octanol–water partition coefficient (Wildman–Crippen LogP) is 1.85. The smallest absolute Gasteiger partial charge is 0.324 e. The highest BCUT2D eigenvalue weighted by molar-refractivity contribution is 7.89. The van der Waals surface area contributed by atoms with Gasteiger partial charge < -0.3 is 4.42 Å². The van der Waals surface area contributed by atoms with E-state index < -0.39 is 31.3 Å². The van der Waals surface area contributed by atoms with Crippen molar-refractivity contribution in [3.05, 3.63) is 58.3 Å². The largest absolute Gasteiger partial charge is 0.469 e. The van der Waals surface area contributed by atoms with Crippen LogP contribution in [0.5, 0.6) is 0 Å². The molecule has 0 saturated heterocycles. The minimum absolute atomic E-state index is 0.0243. The van der Waals surface area contributed by atoms with E-state index in [4.69, 9.17) is 4.42 Å². The second-order valence-corrected chi connectivity index (χ2v) is 5.81. The van der Waals surface area contributed by atoms with Gasteiger partial charge in [0.05, 0.1) is 11.2 Å². The normalized spacial score (nSPS) is 11.5. The molecule has 0 aliphatic carbocycles. The summed E-state index contributed by atoms with van der Waals surface area (Å²) in [4.78, 5) is 9.05. The lowest BCUT2D eigenvalue weighted by molar-refractivity contribution is -0.390. The van der Waals surface area contributed by atoms with Crippen molar-refractivity contribution in [1.29, 1.82) is 0 Å². The summed E-state index contributed by atoms with van der Waals surface area (Å²) in [5.74, 6) is -0.639. The molecule has 1 heterocycles. The van der Waals surface area contributed by atoms with Crippen LogP contribution in [0.15, 0.2) is 45.9 Å². The van der Waals surface area contributed by atoms with Gasteiger partial charge in [-0.3, -0.25) is 10.1 Å². The maximum atomic E-state index is 13.4. The molecule has 0 atom stereocenters. The van der Waals surface area contributed by atoms with Crippen molar-refractivity contribution in [3.8, 4) is 0 Å². The fraction of sp³-hybridized carbons (Fsp3) is 0.167. The summed E-state index contributed by atoms with van der Waals surface area (Å²) in [6.07, 6.45) is 1.72. The summed E-state index contributed by atoms with van der Waals surface area (Å²) in [7, 11) is -4.19. The Balaban J connectivity index is 2.20. The molecule has 1 aromatic heterocycles. The molecule has 2 rings (SSSR count). The van der Waals surface area contributed by atoms with Gasteiger partial charge in [-0.25, -0.2) is 13.1 Å². The number of para-hydroxylation sites is 1. The molecule has 0 spiro atoms. The molecular weight excluding hydrogens is 303 g/mol. The third-order valence-corrected chi connectivity index (χ3v) is 4.16. The van der Waals surface area contributed by atoms with Gasteiger partial charge in [-0.2, -0.15) is 4.39 Å². The van der Waals surface area contributed by atoms with Crippen molar-refractivity contribution in [2.45, 2.75) is 11.3 Å². The number of benzene rings is 1. The zero-order valence-electron chi connectivity index (χ0n) is 10.7. The SMILES string of the molecule is O=[N+]([O-])c1c(F)cccc1S(=O)(=O)NCCc1ccco1. The molecule has 0 saturated carbocycles. The zero-order valence-corrected chi connectivity index (χ0v) is 11.5. The van der Waals surface area contributed by atoms with Gasteiger partial charge in [0, 0.05) is 13.0 Å². The Morgan fingerprint density at radius 3 is 2.67 bits per heavy atom. The van der Waals surface area contributed by atoms with Crippen LogP contribution in [0.3, 0.4) is 0 Å². The maximum Gasteiger partial charge on any atom is 0.324 e. The molecule has 112 valence electrons. The number of nitrogens with one attached hydrogen (secondary N) is 1. The van der Waals surface area contributed by atoms with E-state index in [1.807, 2.05) is 0 Å². The van der Waals surface area contributed by atoms with Gasteiger partial charge >= 0.3 is 5.69 Å². The monoisotopic (exact) mass is 314 g/mol. The summed E-state index contributed by atoms with van der Waals surface area (Å²) in [5, 5.41) is 10.8. The number of rotatable bonds is 6. The average molecular weight is 314 g/mol. The number of nitrogens with zero attached hydrogens (tertiary/aromatic N) is 1. The first-order valence-electron chi connectivity index (χ1n) is 5.87. The summed E-state index contributed by atoms with van der Waals surface area (Å²) >= 11 is 0. The standard InChI is InChI=1S/C12H11FN2O5S/c13-10-4-1-5-11(12(10)15(16)17)21(18,19)14-7-6-9-3-2-8-20-9/h1-5,8,14H,6-7H2. The third kappa shape index (κ3) is 3.44. The Hall–Kier alpha value is -2.26. The van der Waals surface area contributed by atoms with Crippen LogP contribution in [-0.4, -0.2) is 19.9 Å². The van der Waals surface area contributed by atoms with Crippen molar-refractivity contribution < 1.29 is 22.1 Å². The molecule has 0 radical (unpaired) electrons. The lowest BCUT2D eigenvalue weighted by atomic mass is 10.3. The molecular formula is C12H11FN2O5S. The number of hydrogen-bond acceptors (Lipinski definition) is 5. The second-order valence-electron chi connectivity index (χ2n) is 4.07. The van der Waals surface area contributed by atoms with Crippen molar-refractivity contribution >= 4 is 15.7 Å². The molecule has 2 aromatic rings. The van der Waals surface area contributed by atoms with Gasteiger partial charge in [0.25, 0.3) is 0 Å². The van der Waals surface area contributed by atoms with E-state index in [9.17, 15) is 22.9 Å². The lowest BCUT2D eigenvalue weighted by Gasteiger charge is -2.07. The van der Waals surface area contributed by atoms with Gasteiger partial charge in [0.2, 0.25) is 15.8 Å². The van der Waals surface area contributed by atoms with Crippen LogP contribution in [-0.2, 0) is 16.4 Å². The minimum Gasteiger partial charge on any atom is -0.469 e. The highest BCUT2D eigenvalue weighted by Gasteiger charge is 2.28. The van der Waals surface area contributed by atoms with Crippen LogP contribution in [0.4, 0.5) is 10.1 Å². The van der Waals surface area contributed by atoms with Gasteiger partial charge in [-0.15, -0.1) is 0 Å². The fourth-order valence-corrected chi connectivity index (χ4v) is 2.94. The quantitative estimate of drug-likeness (QED) is 0.647. The predicted molar refractivity (Wildman–Crippen MR) is 70.7 cm³/mol. The van der Waals surface area contributed by atoms with E-state index in [2.05, 4.69) is 4.72 Å². The van der Waals surface area contributed by atoms with Crippen molar-refractivity contribution in [3.63, 3.8) is 0 Å². The first-order chi connectivity index (χ1) is 9.92. The molecule has 21 heavy (non-hydrogen) atoms. The highest BCUT2D eigenvalue weighted by atomic mass is 32.2. The van der Waals surface area contributed by atoms with E-state index >= 15 is 0 Å². The summed E-state index contributed by atoms with van der Waals surface area (Å²) in [6.45, 7) is -0.0243.